The summed E-state index contributed by atoms with van der Waals surface area (Å²) < 4.78 is 39.7. The molecule has 8 heteroatoms. The molecule has 1 N–H and O–H groups in total. The maximum absolute atomic E-state index is 13.2. The largest absolute Gasteiger partial charge is 0.433 e. The third kappa shape index (κ3) is 3.48. The molecule has 0 saturated heterocycles. The van der Waals surface area contributed by atoms with Crippen molar-refractivity contribution in [2.75, 3.05) is 18.1 Å². The summed E-state index contributed by atoms with van der Waals surface area (Å²) in [5.41, 5.74) is -0.573. The zero-order chi connectivity index (χ0) is 17.2. The topological polar surface area (TPSA) is 62.1 Å². The van der Waals surface area contributed by atoms with Gasteiger partial charge < -0.3 is 10.0 Å². The molecule has 0 aliphatic heterocycles. The van der Waals surface area contributed by atoms with Gasteiger partial charge in [0.2, 0.25) is 0 Å². The molecule has 24 heavy (non-hydrogen) atoms. The average Bonchev–Trinajstić information content (AvgIpc) is 2.52. The standard InChI is InChI=1S/C16H17F3N4O/c17-16(18,19)13-9-14(23(7-8-24)12-4-1-5-12)22-15(21-13)11-3-2-6-20-10-11/h2-3,6,9-10,12,24H,1,4-5,7-8H2. The highest BCUT2D eigenvalue weighted by Gasteiger charge is 2.35. The summed E-state index contributed by atoms with van der Waals surface area (Å²) in [5.74, 6) is 0.171. The van der Waals surface area contributed by atoms with Gasteiger partial charge in [-0.05, 0) is 31.4 Å². The number of pyridine rings is 1. The Kier molecular flexibility index (Phi) is 4.66. The maximum Gasteiger partial charge on any atom is 0.433 e. The number of anilines is 1. The van der Waals surface area contributed by atoms with Gasteiger partial charge in [0.1, 0.15) is 5.82 Å². The van der Waals surface area contributed by atoms with Crippen LogP contribution in [0.25, 0.3) is 11.4 Å². The number of aliphatic hydroxyl groups excluding tert-OH is 1. The van der Waals surface area contributed by atoms with E-state index < -0.39 is 11.9 Å². The number of aromatic nitrogens is 3. The first-order valence-corrected chi connectivity index (χ1v) is 7.73. The van der Waals surface area contributed by atoms with Crippen molar-refractivity contribution in [1.82, 2.24) is 15.0 Å². The predicted octanol–water partition coefficient (Wildman–Crippen LogP) is 2.91. The molecule has 2 heterocycles. The fourth-order valence-electron chi connectivity index (χ4n) is 2.64. The van der Waals surface area contributed by atoms with Gasteiger partial charge in [0, 0.05) is 36.6 Å². The third-order valence-electron chi connectivity index (χ3n) is 4.07. The number of rotatable bonds is 5. The molecular weight excluding hydrogens is 321 g/mol. The summed E-state index contributed by atoms with van der Waals surface area (Å²) in [4.78, 5) is 13.6. The number of nitrogens with zero attached hydrogens (tertiary/aromatic N) is 4. The minimum atomic E-state index is -4.57. The van der Waals surface area contributed by atoms with Crippen LogP contribution in [0.4, 0.5) is 19.0 Å². The summed E-state index contributed by atoms with van der Waals surface area (Å²) in [6.07, 6.45) is 1.18. The number of aliphatic hydroxyl groups is 1. The third-order valence-corrected chi connectivity index (χ3v) is 4.07. The highest BCUT2D eigenvalue weighted by Crippen LogP contribution is 2.34. The zero-order valence-corrected chi connectivity index (χ0v) is 12.9. The number of hydrogen-bond donors (Lipinski definition) is 1. The molecule has 0 spiro atoms. The second-order valence-corrected chi connectivity index (χ2v) is 5.68. The van der Waals surface area contributed by atoms with Crippen LogP contribution < -0.4 is 4.90 Å². The molecule has 1 aliphatic rings. The van der Waals surface area contributed by atoms with E-state index in [9.17, 15) is 18.3 Å². The highest BCUT2D eigenvalue weighted by molar-refractivity contribution is 5.57. The molecule has 5 nitrogen and oxygen atoms in total. The zero-order valence-electron chi connectivity index (χ0n) is 12.9. The van der Waals surface area contributed by atoms with Gasteiger partial charge in [-0.25, -0.2) is 9.97 Å². The Balaban J connectivity index is 2.07. The van der Waals surface area contributed by atoms with E-state index in [0.29, 0.717) is 5.56 Å². The van der Waals surface area contributed by atoms with Crippen LogP contribution in [0, 0.1) is 0 Å². The molecular formula is C16H17F3N4O. The van der Waals surface area contributed by atoms with Gasteiger partial charge >= 0.3 is 6.18 Å². The number of halogens is 3. The van der Waals surface area contributed by atoms with E-state index in [1.54, 1.807) is 17.0 Å². The molecule has 1 saturated carbocycles. The first-order valence-electron chi connectivity index (χ1n) is 7.73. The number of hydrogen-bond acceptors (Lipinski definition) is 5. The van der Waals surface area contributed by atoms with E-state index in [1.165, 1.54) is 12.4 Å². The summed E-state index contributed by atoms with van der Waals surface area (Å²) in [7, 11) is 0. The monoisotopic (exact) mass is 338 g/mol. The Morgan fingerprint density at radius 3 is 2.58 bits per heavy atom. The summed E-state index contributed by atoms with van der Waals surface area (Å²) in [6.45, 7) is 0.0928. The van der Waals surface area contributed by atoms with Crippen LogP contribution in [-0.2, 0) is 6.18 Å². The van der Waals surface area contributed by atoms with Crippen molar-refractivity contribution in [3.63, 3.8) is 0 Å². The molecule has 3 rings (SSSR count). The Bertz CT molecular complexity index is 689. The van der Waals surface area contributed by atoms with Crippen LogP contribution in [0.5, 0.6) is 0 Å². The second-order valence-electron chi connectivity index (χ2n) is 5.68. The fourth-order valence-corrected chi connectivity index (χ4v) is 2.64. The molecule has 128 valence electrons. The lowest BCUT2D eigenvalue weighted by atomic mass is 9.91. The van der Waals surface area contributed by atoms with Gasteiger partial charge in [-0.15, -0.1) is 0 Å². The predicted molar refractivity (Wildman–Crippen MR) is 82.3 cm³/mol. The van der Waals surface area contributed by atoms with Crippen molar-refractivity contribution >= 4 is 5.82 Å². The Hall–Kier alpha value is -2.22. The smallest absolute Gasteiger partial charge is 0.395 e. The second kappa shape index (κ2) is 6.72. The van der Waals surface area contributed by atoms with Crippen molar-refractivity contribution in [2.24, 2.45) is 0 Å². The molecule has 0 aromatic carbocycles. The van der Waals surface area contributed by atoms with E-state index in [0.717, 1.165) is 25.3 Å². The Morgan fingerprint density at radius 2 is 2.04 bits per heavy atom. The van der Waals surface area contributed by atoms with Gasteiger partial charge in [0.05, 0.1) is 6.61 Å². The van der Waals surface area contributed by atoms with Crippen molar-refractivity contribution < 1.29 is 18.3 Å². The van der Waals surface area contributed by atoms with Crippen molar-refractivity contribution in [1.29, 1.82) is 0 Å². The van der Waals surface area contributed by atoms with Gasteiger partial charge in [-0.1, -0.05) is 0 Å². The summed E-state index contributed by atoms with van der Waals surface area (Å²) >= 11 is 0. The maximum atomic E-state index is 13.2. The van der Waals surface area contributed by atoms with Gasteiger partial charge in [0.15, 0.2) is 11.5 Å². The van der Waals surface area contributed by atoms with Gasteiger partial charge in [0.25, 0.3) is 0 Å². The van der Waals surface area contributed by atoms with Crippen molar-refractivity contribution in [3.05, 3.63) is 36.3 Å². The fraction of sp³-hybridized carbons (Fsp3) is 0.438. The van der Waals surface area contributed by atoms with E-state index in [4.69, 9.17) is 0 Å². The minimum Gasteiger partial charge on any atom is -0.395 e. The molecule has 0 bridgehead atoms. The molecule has 1 fully saturated rings. The molecule has 2 aromatic rings. The van der Waals surface area contributed by atoms with Crippen LogP contribution >= 0.6 is 0 Å². The summed E-state index contributed by atoms with van der Waals surface area (Å²) in [6, 6.07) is 4.30. The minimum absolute atomic E-state index is 0.0183. The molecule has 0 atom stereocenters. The SMILES string of the molecule is OCCN(c1cc(C(F)(F)F)nc(-c2cccnc2)n1)C1CCC1. The van der Waals surface area contributed by atoms with Crippen LogP contribution in [0.1, 0.15) is 25.0 Å². The Morgan fingerprint density at radius 1 is 1.25 bits per heavy atom. The van der Waals surface area contributed by atoms with Gasteiger partial charge in [-0.2, -0.15) is 13.2 Å². The van der Waals surface area contributed by atoms with Crippen LogP contribution in [-0.4, -0.2) is 39.3 Å². The quantitative estimate of drug-likeness (QED) is 0.908. The normalized spacial score (nSPS) is 15.2. The first-order chi connectivity index (χ1) is 11.5. The van der Waals surface area contributed by atoms with Gasteiger partial charge in [-0.3, -0.25) is 4.98 Å². The lowest BCUT2D eigenvalue weighted by Gasteiger charge is -2.38. The molecule has 2 aromatic heterocycles. The lowest BCUT2D eigenvalue weighted by molar-refractivity contribution is -0.141. The first kappa shape index (κ1) is 16.6. The number of alkyl halides is 3. The van der Waals surface area contributed by atoms with E-state index in [-0.39, 0.29) is 30.8 Å². The van der Waals surface area contributed by atoms with Crippen molar-refractivity contribution in [2.45, 2.75) is 31.5 Å². The van der Waals surface area contributed by atoms with Crippen molar-refractivity contribution in [3.8, 4) is 11.4 Å². The highest BCUT2D eigenvalue weighted by atomic mass is 19.4. The molecule has 1 aliphatic carbocycles. The van der Waals surface area contributed by atoms with Crippen LogP contribution in [0.2, 0.25) is 0 Å². The summed E-state index contributed by atoms with van der Waals surface area (Å²) in [5, 5.41) is 9.26. The van der Waals surface area contributed by atoms with Crippen LogP contribution in [0.15, 0.2) is 30.6 Å². The van der Waals surface area contributed by atoms with E-state index >= 15 is 0 Å². The average molecular weight is 338 g/mol. The Labute approximate surface area is 137 Å². The molecule has 0 unspecified atom stereocenters. The van der Waals surface area contributed by atoms with E-state index in [1.807, 2.05) is 0 Å². The molecule has 0 amide bonds. The van der Waals surface area contributed by atoms with E-state index in [2.05, 4.69) is 15.0 Å². The van der Waals surface area contributed by atoms with Crippen LogP contribution in [0.3, 0.4) is 0 Å². The lowest BCUT2D eigenvalue weighted by Crippen LogP contribution is -2.42. The molecule has 0 radical (unpaired) electrons.